The van der Waals surface area contributed by atoms with E-state index >= 15 is 0 Å². The van der Waals surface area contributed by atoms with Crippen molar-refractivity contribution in [2.75, 3.05) is 25.1 Å². The maximum absolute atomic E-state index is 12.3. The van der Waals surface area contributed by atoms with Crippen molar-refractivity contribution in [3.05, 3.63) is 90.0 Å². The van der Waals surface area contributed by atoms with E-state index in [4.69, 9.17) is 9.47 Å². The summed E-state index contributed by atoms with van der Waals surface area (Å²) >= 11 is 0. The molecule has 0 aliphatic heterocycles. The third-order valence-electron chi connectivity index (χ3n) is 4.49. The maximum atomic E-state index is 12.3. The third-order valence-corrected chi connectivity index (χ3v) is 4.49. The summed E-state index contributed by atoms with van der Waals surface area (Å²) in [6, 6.07) is 23.9. The number of para-hydroxylation sites is 2. The fourth-order valence-corrected chi connectivity index (χ4v) is 2.96. The van der Waals surface area contributed by atoms with Gasteiger partial charge in [0.25, 0.3) is 11.8 Å². The number of anilines is 1. The minimum atomic E-state index is -0.296. The average Bonchev–Trinajstić information content (AvgIpc) is 2.80. The molecule has 0 bridgehead atoms. The second-order valence-electron chi connectivity index (χ2n) is 6.78. The lowest BCUT2D eigenvalue weighted by molar-refractivity contribution is -0.118. The van der Waals surface area contributed by atoms with Crippen LogP contribution in [0.3, 0.4) is 0 Å². The van der Waals surface area contributed by atoms with Crippen molar-refractivity contribution in [3.63, 3.8) is 0 Å². The molecular formula is C25H26N2O4. The van der Waals surface area contributed by atoms with E-state index in [1.54, 1.807) is 36.4 Å². The Hall–Kier alpha value is -3.80. The number of carbonyl (C=O) groups is 2. The Labute approximate surface area is 182 Å². The molecule has 0 heterocycles. The van der Waals surface area contributed by atoms with Crippen LogP contribution < -0.4 is 20.1 Å². The van der Waals surface area contributed by atoms with E-state index in [1.807, 2.05) is 49.4 Å². The Morgan fingerprint density at radius 2 is 1.55 bits per heavy atom. The Bertz CT molecular complexity index is 988. The molecule has 160 valence electrons. The molecule has 2 amide bonds. The molecule has 0 spiro atoms. The van der Waals surface area contributed by atoms with Gasteiger partial charge in [-0.05, 0) is 55.3 Å². The molecule has 6 heteroatoms. The first-order chi connectivity index (χ1) is 15.2. The highest BCUT2D eigenvalue weighted by Crippen LogP contribution is 2.23. The van der Waals surface area contributed by atoms with Crippen molar-refractivity contribution in [2.24, 2.45) is 0 Å². The Balaban J connectivity index is 1.44. The summed E-state index contributed by atoms with van der Waals surface area (Å²) in [5.74, 6) is 0.678. The van der Waals surface area contributed by atoms with Gasteiger partial charge in [-0.25, -0.2) is 0 Å². The number of rotatable bonds is 10. The number of carbonyl (C=O) groups excluding carboxylic acids is 2. The van der Waals surface area contributed by atoms with E-state index in [0.29, 0.717) is 35.9 Å². The summed E-state index contributed by atoms with van der Waals surface area (Å²) in [7, 11) is 0. The zero-order valence-corrected chi connectivity index (χ0v) is 17.5. The van der Waals surface area contributed by atoms with Gasteiger partial charge >= 0.3 is 0 Å². The molecule has 0 saturated heterocycles. The Morgan fingerprint density at radius 3 is 2.29 bits per heavy atom. The molecule has 0 aliphatic carbocycles. The standard InChI is InChI=1S/C25H26N2O4/c1-2-30-23-11-7-6-10-22(23)27-24(28)18-31-21-14-12-20(13-15-21)25(29)26-17-16-19-8-4-3-5-9-19/h3-15H,2,16-18H2,1H3,(H,26,29)(H,27,28). The van der Waals surface area contributed by atoms with E-state index < -0.39 is 0 Å². The number of nitrogens with one attached hydrogen (secondary N) is 2. The van der Waals surface area contributed by atoms with Gasteiger partial charge < -0.3 is 20.1 Å². The number of hydrogen-bond acceptors (Lipinski definition) is 4. The molecule has 2 N–H and O–H groups in total. The van der Waals surface area contributed by atoms with E-state index in [9.17, 15) is 9.59 Å². The van der Waals surface area contributed by atoms with E-state index in [-0.39, 0.29) is 18.4 Å². The second kappa shape index (κ2) is 11.4. The molecule has 0 aromatic heterocycles. The van der Waals surface area contributed by atoms with E-state index in [0.717, 1.165) is 6.42 Å². The number of benzene rings is 3. The average molecular weight is 418 g/mol. The molecule has 31 heavy (non-hydrogen) atoms. The lowest BCUT2D eigenvalue weighted by Crippen LogP contribution is -2.25. The lowest BCUT2D eigenvalue weighted by atomic mass is 10.1. The van der Waals surface area contributed by atoms with E-state index in [1.165, 1.54) is 5.56 Å². The smallest absolute Gasteiger partial charge is 0.262 e. The van der Waals surface area contributed by atoms with Gasteiger partial charge in [-0.15, -0.1) is 0 Å². The summed E-state index contributed by atoms with van der Waals surface area (Å²) in [6.45, 7) is 2.80. The molecule has 3 aromatic rings. The van der Waals surface area contributed by atoms with Crippen molar-refractivity contribution >= 4 is 17.5 Å². The van der Waals surface area contributed by atoms with Crippen LogP contribution in [0.2, 0.25) is 0 Å². The maximum Gasteiger partial charge on any atom is 0.262 e. The fraction of sp³-hybridized carbons (Fsp3) is 0.200. The zero-order chi connectivity index (χ0) is 21.9. The topological polar surface area (TPSA) is 76.7 Å². The largest absolute Gasteiger partial charge is 0.492 e. The number of ether oxygens (including phenoxy) is 2. The summed E-state index contributed by atoms with van der Waals surface area (Å²) in [5.41, 5.74) is 2.31. The highest BCUT2D eigenvalue weighted by atomic mass is 16.5. The third kappa shape index (κ3) is 6.89. The first-order valence-electron chi connectivity index (χ1n) is 10.2. The van der Waals surface area contributed by atoms with Crippen LogP contribution in [0.15, 0.2) is 78.9 Å². The summed E-state index contributed by atoms with van der Waals surface area (Å²) < 4.78 is 11.0. The van der Waals surface area contributed by atoms with Gasteiger partial charge in [0.05, 0.1) is 12.3 Å². The second-order valence-corrected chi connectivity index (χ2v) is 6.78. The quantitative estimate of drug-likeness (QED) is 0.520. The molecule has 3 aromatic carbocycles. The van der Waals surface area contributed by atoms with Crippen LogP contribution in [0.5, 0.6) is 11.5 Å². The van der Waals surface area contributed by atoms with Gasteiger partial charge in [0.2, 0.25) is 0 Å². The SMILES string of the molecule is CCOc1ccccc1NC(=O)COc1ccc(C(=O)NCCc2ccccc2)cc1. The zero-order valence-electron chi connectivity index (χ0n) is 17.5. The Morgan fingerprint density at radius 1 is 0.839 bits per heavy atom. The Kier molecular flexibility index (Phi) is 8.05. The first kappa shape index (κ1) is 21.9. The lowest BCUT2D eigenvalue weighted by Gasteiger charge is -2.12. The summed E-state index contributed by atoms with van der Waals surface area (Å²) in [5, 5.41) is 5.68. The van der Waals surface area contributed by atoms with Crippen molar-refractivity contribution in [1.29, 1.82) is 0 Å². The molecule has 0 saturated carbocycles. The van der Waals surface area contributed by atoms with Gasteiger partial charge in [0, 0.05) is 12.1 Å². The van der Waals surface area contributed by atoms with Crippen LogP contribution in [-0.4, -0.2) is 31.6 Å². The van der Waals surface area contributed by atoms with Gasteiger partial charge in [0.1, 0.15) is 11.5 Å². The molecule has 3 rings (SSSR count). The minimum absolute atomic E-state index is 0.146. The van der Waals surface area contributed by atoms with Gasteiger partial charge in [-0.3, -0.25) is 9.59 Å². The molecule has 0 aliphatic rings. The predicted octanol–water partition coefficient (Wildman–Crippen LogP) is 4.08. The molecule has 0 atom stereocenters. The van der Waals surface area contributed by atoms with Gasteiger partial charge in [-0.2, -0.15) is 0 Å². The molecular weight excluding hydrogens is 392 g/mol. The van der Waals surface area contributed by atoms with E-state index in [2.05, 4.69) is 10.6 Å². The summed E-state index contributed by atoms with van der Waals surface area (Å²) in [6.07, 6.45) is 0.773. The van der Waals surface area contributed by atoms with Crippen LogP contribution in [0.4, 0.5) is 5.69 Å². The van der Waals surface area contributed by atoms with Crippen LogP contribution in [-0.2, 0) is 11.2 Å². The monoisotopic (exact) mass is 418 g/mol. The number of hydrogen-bond donors (Lipinski definition) is 2. The molecule has 0 unspecified atom stereocenters. The normalized spacial score (nSPS) is 10.2. The van der Waals surface area contributed by atoms with Crippen molar-refractivity contribution in [2.45, 2.75) is 13.3 Å². The molecule has 0 radical (unpaired) electrons. The van der Waals surface area contributed by atoms with Crippen LogP contribution in [0.25, 0.3) is 0 Å². The highest BCUT2D eigenvalue weighted by molar-refractivity contribution is 5.94. The molecule has 0 fully saturated rings. The minimum Gasteiger partial charge on any atom is -0.492 e. The van der Waals surface area contributed by atoms with Crippen LogP contribution in [0.1, 0.15) is 22.8 Å². The van der Waals surface area contributed by atoms with Gasteiger partial charge in [-0.1, -0.05) is 42.5 Å². The van der Waals surface area contributed by atoms with Crippen molar-refractivity contribution < 1.29 is 19.1 Å². The molecule has 6 nitrogen and oxygen atoms in total. The van der Waals surface area contributed by atoms with Gasteiger partial charge in [0.15, 0.2) is 6.61 Å². The van der Waals surface area contributed by atoms with Crippen LogP contribution >= 0.6 is 0 Å². The highest BCUT2D eigenvalue weighted by Gasteiger charge is 2.09. The number of amides is 2. The van der Waals surface area contributed by atoms with Crippen molar-refractivity contribution in [3.8, 4) is 11.5 Å². The fourth-order valence-electron chi connectivity index (χ4n) is 2.96. The van der Waals surface area contributed by atoms with Crippen molar-refractivity contribution in [1.82, 2.24) is 5.32 Å². The van der Waals surface area contributed by atoms with Crippen LogP contribution in [0, 0.1) is 0 Å². The predicted molar refractivity (Wildman–Crippen MR) is 121 cm³/mol. The summed E-state index contributed by atoms with van der Waals surface area (Å²) in [4.78, 5) is 24.5. The first-order valence-corrected chi connectivity index (χ1v) is 10.2.